The van der Waals surface area contributed by atoms with Crippen LogP contribution in [-0.4, -0.2) is 34.3 Å². The lowest BCUT2D eigenvalue weighted by Crippen LogP contribution is -2.39. The van der Waals surface area contributed by atoms with E-state index in [1.807, 2.05) is 6.92 Å². The van der Waals surface area contributed by atoms with Crippen LogP contribution in [-0.2, 0) is 13.1 Å². The van der Waals surface area contributed by atoms with Gasteiger partial charge in [-0.1, -0.05) is 20.8 Å². The molecule has 1 unspecified atom stereocenters. The molecule has 2 heterocycles. The molecule has 2 N–H and O–H groups in total. The van der Waals surface area contributed by atoms with Crippen molar-refractivity contribution >= 4 is 41.3 Å². The molecule has 0 saturated heterocycles. The molecule has 6 nitrogen and oxygen atoms in total. The maximum atomic E-state index is 4.64. The zero-order valence-electron chi connectivity index (χ0n) is 16.5. The fourth-order valence-corrected chi connectivity index (χ4v) is 3.44. The molecule has 0 bridgehead atoms. The van der Waals surface area contributed by atoms with Gasteiger partial charge in [0, 0.05) is 31.2 Å². The van der Waals surface area contributed by atoms with E-state index in [1.54, 1.807) is 18.4 Å². The van der Waals surface area contributed by atoms with Crippen molar-refractivity contribution in [2.75, 3.05) is 13.6 Å². The van der Waals surface area contributed by atoms with Crippen LogP contribution in [0.5, 0.6) is 0 Å². The highest BCUT2D eigenvalue weighted by Gasteiger charge is 2.09. The molecule has 0 aliphatic heterocycles. The Bertz CT molecular complexity index is 706. The molecule has 2 aromatic rings. The van der Waals surface area contributed by atoms with E-state index in [0.717, 1.165) is 35.4 Å². The lowest BCUT2D eigenvalue weighted by Gasteiger charge is -2.16. The van der Waals surface area contributed by atoms with E-state index in [2.05, 4.69) is 69.5 Å². The van der Waals surface area contributed by atoms with Crippen LogP contribution in [0.3, 0.4) is 0 Å². The Balaban J connectivity index is 0.00000338. The minimum Gasteiger partial charge on any atom is -0.356 e. The third-order valence-electron chi connectivity index (χ3n) is 4.00. The second-order valence-electron chi connectivity index (χ2n) is 6.84. The van der Waals surface area contributed by atoms with E-state index < -0.39 is 0 Å². The monoisotopic (exact) mass is 490 g/mol. The summed E-state index contributed by atoms with van der Waals surface area (Å²) in [6, 6.07) is 2.11. The number of aryl methyl sites for hydroxylation is 2. The fourth-order valence-electron chi connectivity index (χ4n) is 2.54. The first-order chi connectivity index (χ1) is 11.9. The van der Waals surface area contributed by atoms with Gasteiger partial charge in [-0.15, -0.1) is 35.3 Å². The molecule has 0 aromatic carbocycles. The minimum absolute atomic E-state index is 0. The van der Waals surface area contributed by atoms with Crippen LogP contribution >= 0.6 is 35.3 Å². The van der Waals surface area contributed by atoms with Crippen molar-refractivity contribution in [3.63, 3.8) is 0 Å². The van der Waals surface area contributed by atoms with Crippen LogP contribution in [0.2, 0.25) is 0 Å². The third kappa shape index (κ3) is 6.86. The quantitative estimate of drug-likeness (QED) is 0.353. The summed E-state index contributed by atoms with van der Waals surface area (Å²) >= 11 is 1.69. The number of nitrogens with one attached hydrogen (secondary N) is 2. The van der Waals surface area contributed by atoms with Crippen molar-refractivity contribution in [1.29, 1.82) is 0 Å². The lowest BCUT2D eigenvalue weighted by atomic mass is 10.2. The Kier molecular flexibility index (Phi) is 9.56. The maximum absolute atomic E-state index is 4.64. The van der Waals surface area contributed by atoms with Gasteiger partial charge in [-0.3, -0.25) is 9.67 Å². The van der Waals surface area contributed by atoms with E-state index in [-0.39, 0.29) is 24.0 Å². The number of thiazole rings is 1. The first-order valence-electron chi connectivity index (χ1n) is 8.79. The number of hydrogen-bond acceptors (Lipinski definition) is 4. The van der Waals surface area contributed by atoms with E-state index in [4.69, 9.17) is 0 Å². The second kappa shape index (κ2) is 10.9. The summed E-state index contributed by atoms with van der Waals surface area (Å²) in [5.41, 5.74) is 3.43. The molecule has 0 amide bonds. The number of rotatable bonds is 7. The van der Waals surface area contributed by atoms with E-state index >= 15 is 0 Å². The molecule has 26 heavy (non-hydrogen) atoms. The first kappa shape index (κ1) is 22.9. The summed E-state index contributed by atoms with van der Waals surface area (Å²) in [5, 5.41) is 14.5. The smallest absolute Gasteiger partial charge is 0.191 e. The lowest BCUT2D eigenvalue weighted by molar-refractivity contribution is 0.436. The predicted molar refractivity (Wildman–Crippen MR) is 121 cm³/mol. The Hall–Kier alpha value is -1.16. The highest BCUT2D eigenvalue weighted by Crippen LogP contribution is 2.17. The molecule has 0 saturated carbocycles. The van der Waals surface area contributed by atoms with Crippen molar-refractivity contribution in [3.8, 4) is 0 Å². The molecule has 146 valence electrons. The maximum Gasteiger partial charge on any atom is 0.191 e. The Morgan fingerprint density at radius 1 is 1.27 bits per heavy atom. The minimum atomic E-state index is 0. The summed E-state index contributed by atoms with van der Waals surface area (Å²) in [7, 11) is 1.79. The standard InChI is InChI=1S/C18H30N6S.HI/c1-12(2)16-11-25-17(22-16)9-21-18(19-6)20-8-13(3)10-24-15(5)7-14(4)23-24;/h7,11-13H,8-10H2,1-6H3,(H2,19,20,21);1H. The van der Waals surface area contributed by atoms with Gasteiger partial charge < -0.3 is 10.6 Å². The van der Waals surface area contributed by atoms with Gasteiger partial charge in [0.05, 0.1) is 17.9 Å². The largest absolute Gasteiger partial charge is 0.356 e. The summed E-state index contributed by atoms with van der Waals surface area (Å²) in [5.74, 6) is 1.73. The third-order valence-corrected chi connectivity index (χ3v) is 4.86. The van der Waals surface area contributed by atoms with Crippen LogP contribution < -0.4 is 10.6 Å². The van der Waals surface area contributed by atoms with Gasteiger partial charge in [-0.05, 0) is 31.7 Å². The van der Waals surface area contributed by atoms with Crippen LogP contribution in [0.4, 0.5) is 0 Å². The number of guanidine groups is 1. The molecule has 2 aromatic heterocycles. The summed E-state index contributed by atoms with van der Waals surface area (Å²) in [6.45, 7) is 13.1. The number of halogens is 1. The zero-order chi connectivity index (χ0) is 18.4. The Labute approximate surface area is 177 Å². The van der Waals surface area contributed by atoms with Crippen LogP contribution in [0.25, 0.3) is 0 Å². The van der Waals surface area contributed by atoms with Crippen molar-refractivity contribution in [1.82, 2.24) is 25.4 Å². The molecular weight excluding hydrogens is 459 g/mol. The molecule has 8 heteroatoms. The molecule has 0 spiro atoms. The molecule has 0 radical (unpaired) electrons. The molecule has 2 rings (SSSR count). The average molecular weight is 490 g/mol. The number of aliphatic imine (C=N–C) groups is 1. The number of hydrogen-bond donors (Lipinski definition) is 2. The predicted octanol–water partition coefficient (Wildman–Crippen LogP) is 3.70. The number of aromatic nitrogens is 3. The SMILES string of the molecule is CN=C(NCc1nc(C(C)C)cs1)NCC(C)Cn1nc(C)cc1C.I. The zero-order valence-corrected chi connectivity index (χ0v) is 19.7. The van der Waals surface area contributed by atoms with Crippen molar-refractivity contribution < 1.29 is 0 Å². The molecule has 0 aliphatic rings. The van der Waals surface area contributed by atoms with Crippen molar-refractivity contribution in [2.45, 2.75) is 53.6 Å². The van der Waals surface area contributed by atoms with Gasteiger partial charge >= 0.3 is 0 Å². The van der Waals surface area contributed by atoms with Gasteiger partial charge in [0.25, 0.3) is 0 Å². The van der Waals surface area contributed by atoms with Crippen molar-refractivity contribution in [2.24, 2.45) is 10.9 Å². The first-order valence-corrected chi connectivity index (χ1v) is 9.66. The summed E-state index contributed by atoms with van der Waals surface area (Å²) in [6.07, 6.45) is 0. The van der Waals surface area contributed by atoms with Gasteiger partial charge in [0.15, 0.2) is 5.96 Å². The van der Waals surface area contributed by atoms with E-state index in [9.17, 15) is 0 Å². The normalized spacial score (nSPS) is 12.8. The Morgan fingerprint density at radius 3 is 2.54 bits per heavy atom. The average Bonchev–Trinajstić information content (AvgIpc) is 3.14. The van der Waals surface area contributed by atoms with Gasteiger partial charge in [0.1, 0.15) is 5.01 Å². The highest BCUT2D eigenvalue weighted by molar-refractivity contribution is 14.0. The van der Waals surface area contributed by atoms with Crippen LogP contribution in [0.15, 0.2) is 16.4 Å². The Morgan fingerprint density at radius 2 is 2.00 bits per heavy atom. The van der Waals surface area contributed by atoms with E-state index in [0.29, 0.717) is 18.4 Å². The van der Waals surface area contributed by atoms with Crippen LogP contribution in [0, 0.1) is 19.8 Å². The molecular formula is C18H31IN6S. The molecule has 0 aliphatic carbocycles. The topological polar surface area (TPSA) is 67.1 Å². The molecule has 1 atom stereocenters. The number of nitrogens with zero attached hydrogens (tertiary/aromatic N) is 4. The van der Waals surface area contributed by atoms with Gasteiger partial charge in [-0.25, -0.2) is 4.98 Å². The van der Waals surface area contributed by atoms with Crippen LogP contribution in [0.1, 0.15) is 48.8 Å². The highest BCUT2D eigenvalue weighted by atomic mass is 127. The van der Waals surface area contributed by atoms with Crippen molar-refractivity contribution in [3.05, 3.63) is 33.5 Å². The van der Waals surface area contributed by atoms with E-state index in [1.165, 1.54) is 5.69 Å². The molecule has 0 fully saturated rings. The van der Waals surface area contributed by atoms with Gasteiger partial charge in [0.2, 0.25) is 0 Å². The fraction of sp³-hybridized carbons (Fsp3) is 0.611. The second-order valence-corrected chi connectivity index (χ2v) is 7.78. The summed E-state index contributed by atoms with van der Waals surface area (Å²) in [4.78, 5) is 8.94. The van der Waals surface area contributed by atoms with Gasteiger partial charge in [-0.2, -0.15) is 5.10 Å². The summed E-state index contributed by atoms with van der Waals surface area (Å²) < 4.78 is 2.07.